The van der Waals surface area contributed by atoms with Crippen molar-refractivity contribution in [2.75, 3.05) is 32.7 Å². The smallest absolute Gasteiger partial charge is 0.0234 e. The summed E-state index contributed by atoms with van der Waals surface area (Å²) in [6.45, 7) is 8.99. The summed E-state index contributed by atoms with van der Waals surface area (Å²) in [6.07, 6.45) is 5.78. The van der Waals surface area contributed by atoms with Gasteiger partial charge >= 0.3 is 0 Å². The Labute approximate surface area is 146 Å². The highest BCUT2D eigenvalue weighted by Gasteiger charge is 2.13. The predicted octanol–water partition coefficient (Wildman–Crippen LogP) is 4.22. The van der Waals surface area contributed by atoms with Crippen molar-refractivity contribution in [2.45, 2.75) is 19.9 Å². The van der Waals surface area contributed by atoms with Crippen molar-refractivity contribution in [2.24, 2.45) is 0 Å². The van der Waals surface area contributed by atoms with E-state index in [4.69, 9.17) is 0 Å². The summed E-state index contributed by atoms with van der Waals surface area (Å²) in [5.74, 6) is 0. The van der Waals surface area contributed by atoms with E-state index in [2.05, 4.69) is 83.5 Å². The zero-order chi connectivity index (χ0) is 16.6. The zero-order valence-electron chi connectivity index (χ0n) is 14.7. The molecule has 3 rings (SSSR count). The molecule has 2 aromatic carbocycles. The van der Waals surface area contributed by atoms with Crippen LogP contribution in [0.2, 0.25) is 0 Å². The van der Waals surface area contributed by atoms with Gasteiger partial charge in [-0.15, -0.1) is 0 Å². The summed E-state index contributed by atoms with van der Waals surface area (Å²) in [5, 5.41) is 0. The van der Waals surface area contributed by atoms with Crippen LogP contribution < -0.4 is 0 Å². The topological polar surface area (TPSA) is 6.48 Å². The fraction of sp³-hybridized carbons (Fsp3) is 0.364. The maximum Gasteiger partial charge on any atom is 0.0234 e. The highest BCUT2D eigenvalue weighted by molar-refractivity contribution is 5.48. The van der Waals surface area contributed by atoms with Crippen molar-refractivity contribution in [1.82, 2.24) is 9.80 Å². The lowest BCUT2D eigenvalue weighted by Crippen LogP contribution is -2.30. The minimum absolute atomic E-state index is 1.05. The Morgan fingerprint density at radius 2 is 1.54 bits per heavy atom. The molecule has 126 valence electrons. The molecule has 1 aliphatic heterocycles. The predicted molar refractivity (Wildman–Crippen MR) is 103 cm³/mol. The van der Waals surface area contributed by atoms with Crippen molar-refractivity contribution in [3.8, 4) is 0 Å². The molecule has 0 spiro atoms. The Morgan fingerprint density at radius 1 is 0.833 bits per heavy atom. The van der Waals surface area contributed by atoms with Crippen LogP contribution >= 0.6 is 0 Å². The summed E-state index contributed by atoms with van der Waals surface area (Å²) in [7, 11) is 0. The molecule has 0 bridgehead atoms. The van der Waals surface area contributed by atoms with Gasteiger partial charge in [0, 0.05) is 26.2 Å². The third-order valence-corrected chi connectivity index (χ3v) is 4.68. The molecular weight excluding hydrogens is 292 g/mol. The zero-order valence-corrected chi connectivity index (χ0v) is 14.7. The molecular formula is C22H28N2. The highest BCUT2D eigenvalue weighted by atomic mass is 15.2. The molecule has 0 N–H and O–H groups in total. The largest absolute Gasteiger partial charge is 0.298 e. The van der Waals surface area contributed by atoms with Gasteiger partial charge in [-0.25, -0.2) is 0 Å². The van der Waals surface area contributed by atoms with Crippen LogP contribution in [0.1, 0.15) is 23.1 Å². The number of nitrogens with zero attached hydrogens (tertiary/aromatic N) is 2. The lowest BCUT2D eigenvalue weighted by Gasteiger charge is -2.21. The Morgan fingerprint density at radius 3 is 2.33 bits per heavy atom. The second-order valence-electron chi connectivity index (χ2n) is 6.73. The van der Waals surface area contributed by atoms with Gasteiger partial charge in [0.2, 0.25) is 0 Å². The fourth-order valence-electron chi connectivity index (χ4n) is 3.22. The third kappa shape index (κ3) is 5.33. The third-order valence-electron chi connectivity index (χ3n) is 4.68. The standard InChI is InChI=1S/C22H28N2/c1-20-10-12-22(13-11-20)19-24-16-6-15-23(17-18-24)14-5-9-21-7-3-2-4-8-21/h2-5,7-13H,6,14-19H2,1H3/b9-5+. The molecule has 1 heterocycles. The lowest BCUT2D eigenvalue weighted by atomic mass is 10.1. The number of hydrogen-bond acceptors (Lipinski definition) is 2. The molecule has 0 aliphatic carbocycles. The molecule has 1 aliphatic rings. The minimum Gasteiger partial charge on any atom is -0.298 e. The number of rotatable bonds is 5. The normalized spacial score (nSPS) is 17.2. The monoisotopic (exact) mass is 320 g/mol. The van der Waals surface area contributed by atoms with Gasteiger partial charge < -0.3 is 0 Å². The SMILES string of the molecule is Cc1ccc(CN2CCCN(C/C=C/c3ccccc3)CC2)cc1. The molecule has 2 nitrogen and oxygen atoms in total. The van der Waals surface area contributed by atoms with E-state index < -0.39 is 0 Å². The average molecular weight is 320 g/mol. The second-order valence-corrected chi connectivity index (χ2v) is 6.73. The Hall–Kier alpha value is -1.90. The first-order valence-electron chi connectivity index (χ1n) is 9.01. The van der Waals surface area contributed by atoms with E-state index in [1.165, 1.54) is 36.2 Å². The van der Waals surface area contributed by atoms with Gasteiger partial charge in [-0.2, -0.15) is 0 Å². The summed E-state index contributed by atoms with van der Waals surface area (Å²) < 4.78 is 0. The van der Waals surface area contributed by atoms with Crippen LogP contribution in [0.25, 0.3) is 6.08 Å². The molecule has 0 unspecified atom stereocenters. The van der Waals surface area contributed by atoms with Crippen molar-refractivity contribution in [3.63, 3.8) is 0 Å². The number of aryl methyl sites for hydroxylation is 1. The maximum atomic E-state index is 2.59. The molecule has 0 saturated carbocycles. The first-order chi connectivity index (χ1) is 11.8. The molecule has 0 amide bonds. The van der Waals surface area contributed by atoms with E-state index in [9.17, 15) is 0 Å². The van der Waals surface area contributed by atoms with E-state index in [1.54, 1.807) is 0 Å². The van der Waals surface area contributed by atoms with E-state index >= 15 is 0 Å². The van der Waals surface area contributed by atoms with Crippen LogP contribution in [-0.4, -0.2) is 42.5 Å². The van der Waals surface area contributed by atoms with E-state index in [1.807, 2.05) is 0 Å². The van der Waals surface area contributed by atoms with Crippen LogP contribution in [0.4, 0.5) is 0 Å². The van der Waals surface area contributed by atoms with Crippen LogP contribution in [-0.2, 0) is 6.54 Å². The molecule has 0 atom stereocenters. The molecule has 24 heavy (non-hydrogen) atoms. The molecule has 2 heteroatoms. The van der Waals surface area contributed by atoms with E-state index in [0.717, 1.165) is 26.2 Å². The first-order valence-corrected chi connectivity index (χ1v) is 9.01. The van der Waals surface area contributed by atoms with Gasteiger partial charge in [-0.1, -0.05) is 72.3 Å². The second kappa shape index (κ2) is 8.81. The van der Waals surface area contributed by atoms with Gasteiger partial charge in [-0.3, -0.25) is 9.80 Å². The summed E-state index contributed by atoms with van der Waals surface area (Å²) in [4.78, 5) is 5.15. The van der Waals surface area contributed by atoms with Crippen molar-refractivity contribution in [3.05, 3.63) is 77.4 Å². The number of benzene rings is 2. The van der Waals surface area contributed by atoms with Crippen LogP contribution in [0.5, 0.6) is 0 Å². The van der Waals surface area contributed by atoms with Crippen LogP contribution in [0.3, 0.4) is 0 Å². The van der Waals surface area contributed by atoms with Crippen molar-refractivity contribution in [1.29, 1.82) is 0 Å². The maximum absolute atomic E-state index is 2.59. The lowest BCUT2D eigenvalue weighted by molar-refractivity contribution is 0.262. The van der Waals surface area contributed by atoms with Gasteiger partial charge in [0.05, 0.1) is 0 Å². The van der Waals surface area contributed by atoms with Crippen LogP contribution in [0, 0.1) is 6.92 Å². The Balaban J connectivity index is 1.46. The summed E-state index contributed by atoms with van der Waals surface area (Å²) in [6, 6.07) is 19.5. The van der Waals surface area contributed by atoms with E-state index in [0.29, 0.717) is 0 Å². The van der Waals surface area contributed by atoms with E-state index in [-0.39, 0.29) is 0 Å². The quantitative estimate of drug-likeness (QED) is 0.814. The van der Waals surface area contributed by atoms with Gasteiger partial charge in [-0.05, 0) is 37.6 Å². The molecule has 0 radical (unpaired) electrons. The van der Waals surface area contributed by atoms with Crippen molar-refractivity contribution < 1.29 is 0 Å². The molecule has 0 aromatic heterocycles. The fourth-order valence-corrected chi connectivity index (χ4v) is 3.22. The van der Waals surface area contributed by atoms with Crippen LogP contribution in [0.15, 0.2) is 60.7 Å². The summed E-state index contributed by atoms with van der Waals surface area (Å²) in [5.41, 5.74) is 4.05. The minimum atomic E-state index is 1.05. The Bertz CT molecular complexity index is 631. The van der Waals surface area contributed by atoms with Gasteiger partial charge in [0.1, 0.15) is 0 Å². The molecule has 1 fully saturated rings. The molecule has 1 saturated heterocycles. The molecule has 2 aromatic rings. The van der Waals surface area contributed by atoms with Gasteiger partial charge in [0.15, 0.2) is 0 Å². The highest BCUT2D eigenvalue weighted by Crippen LogP contribution is 2.10. The first kappa shape index (κ1) is 16.9. The van der Waals surface area contributed by atoms with Crippen molar-refractivity contribution >= 4 is 6.08 Å². The number of hydrogen-bond donors (Lipinski definition) is 0. The average Bonchev–Trinajstić information content (AvgIpc) is 2.83. The summed E-state index contributed by atoms with van der Waals surface area (Å²) >= 11 is 0. The van der Waals surface area contributed by atoms with Gasteiger partial charge in [0.25, 0.3) is 0 Å². The Kier molecular flexibility index (Phi) is 6.22.